The summed E-state index contributed by atoms with van der Waals surface area (Å²) >= 11 is 11.9. The van der Waals surface area contributed by atoms with E-state index >= 15 is 0 Å². The summed E-state index contributed by atoms with van der Waals surface area (Å²) in [6, 6.07) is 5.06. The number of hydrogen-bond acceptors (Lipinski definition) is 8. The van der Waals surface area contributed by atoms with E-state index in [2.05, 4.69) is 44.5 Å². The lowest BCUT2D eigenvalue weighted by atomic mass is 9.95. The Labute approximate surface area is 178 Å². The highest BCUT2D eigenvalue weighted by molar-refractivity contribution is 6.32. The van der Waals surface area contributed by atoms with E-state index in [1.807, 2.05) is 6.07 Å². The highest BCUT2D eigenvalue weighted by atomic mass is 35.5. The second-order valence-corrected chi connectivity index (χ2v) is 7.43. The SMILES string of the molecule is CNc1nc(-n2nc(Nc3cc(Cl)nc(Cl)c3)nc2N)cc(C(C)C)c1C(C)=N. The Morgan fingerprint density at radius 2 is 1.79 bits per heavy atom. The van der Waals surface area contributed by atoms with Gasteiger partial charge >= 0.3 is 0 Å². The number of nitrogens with one attached hydrogen (secondary N) is 3. The second kappa shape index (κ2) is 8.22. The zero-order chi connectivity index (χ0) is 21.3. The van der Waals surface area contributed by atoms with Gasteiger partial charge in [-0.25, -0.2) is 9.97 Å². The summed E-state index contributed by atoms with van der Waals surface area (Å²) in [5, 5.41) is 19.1. The second-order valence-electron chi connectivity index (χ2n) is 6.65. The average molecular weight is 434 g/mol. The molecular formula is C18H21Cl2N9. The van der Waals surface area contributed by atoms with E-state index < -0.39 is 0 Å². The molecule has 0 aliphatic carbocycles. The van der Waals surface area contributed by atoms with Crippen LogP contribution in [0.3, 0.4) is 0 Å². The van der Waals surface area contributed by atoms with Crippen LogP contribution in [-0.4, -0.2) is 37.5 Å². The van der Waals surface area contributed by atoms with Gasteiger partial charge in [0.05, 0.1) is 0 Å². The summed E-state index contributed by atoms with van der Waals surface area (Å²) in [6.07, 6.45) is 0. The summed E-state index contributed by atoms with van der Waals surface area (Å²) < 4.78 is 1.43. The largest absolute Gasteiger partial charge is 0.373 e. The number of aromatic nitrogens is 5. The van der Waals surface area contributed by atoms with Gasteiger partial charge in [-0.15, -0.1) is 5.10 Å². The molecule has 0 radical (unpaired) electrons. The number of nitrogen functional groups attached to an aromatic ring is 1. The quantitative estimate of drug-likeness (QED) is 0.337. The molecule has 0 saturated heterocycles. The van der Waals surface area contributed by atoms with Gasteiger partial charge in [0.25, 0.3) is 0 Å². The third-order valence-electron chi connectivity index (χ3n) is 4.14. The first-order chi connectivity index (χ1) is 13.7. The average Bonchev–Trinajstić information content (AvgIpc) is 2.99. The highest BCUT2D eigenvalue weighted by Gasteiger charge is 2.19. The van der Waals surface area contributed by atoms with Crippen LogP contribution < -0.4 is 16.4 Å². The van der Waals surface area contributed by atoms with E-state index in [1.54, 1.807) is 26.1 Å². The third-order valence-corrected chi connectivity index (χ3v) is 4.53. The van der Waals surface area contributed by atoms with Crippen LogP contribution in [0.4, 0.5) is 23.4 Å². The van der Waals surface area contributed by atoms with Crippen molar-refractivity contribution in [1.82, 2.24) is 24.7 Å². The molecule has 0 aliphatic rings. The Kier molecular flexibility index (Phi) is 5.90. The van der Waals surface area contributed by atoms with Crippen molar-refractivity contribution in [3.8, 4) is 5.82 Å². The number of rotatable bonds is 6. The standard InChI is InChI=1S/C18H21Cl2N9/c1-8(2)11-7-14(26-16(23-4)15(11)9(3)21)29-17(22)27-18(28-29)24-10-5-12(19)25-13(20)6-10/h5-8,21H,1-4H3,(H,23,26)(H3,22,24,25,27,28). The van der Waals surface area contributed by atoms with Crippen molar-refractivity contribution in [2.75, 3.05) is 23.4 Å². The molecule has 152 valence electrons. The topological polar surface area (TPSA) is 130 Å². The minimum atomic E-state index is 0.155. The number of anilines is 4. The molecule has 11 heteroatoms. The Hall–Kier alpha value is -2.91. The van der Waals surface area contributed by atoms with Crippen molar-refractivity contribution in [1.29, 1.82) is 5.41 Å². The van der Waals surface area contributed by atoms with Crippen LogP contribution in [0.5, 0.6) is 0 Å². The van der Waals surface area contributed by atoms with Gasteiger partial charge in [-0.05, 0) is 36.6 Å². The normalized spacial score (nSPS) is 11.0. The minimum Gasteiger partial charge on any atom is -0.373 e. The maximum Gasteiger partial charge on any atom is 0.248 e. The Morgan fingerprint density at radius 1 is 1.14 bits per heavy atom. The molecule has 0 spiro atoms. The van der Waals surface area contributed by atoms with Crippen molar-refractivity contribution in [3.63, 3.8) is 0 Å². The van der Waals surface area contributed by atoms with Crippen LogP contribution in [0, 0.1) is 5.41 Å². The Morgan fingerprint density at radius 3 is 2.34 bits per heavy atom. The fourth-order valence-electron chi connectivity index (χ4n) is 2.90. The van der Waals surface area contributed by atoms with Gasteiger partial charge in [-0.1, -0.05) is 37.0 Å². The zero-order valence-corrected chi connectivity index (χ0v) is 17.9. The first-order valence-electron chi connectivity index (χ1n) is 8.80. The molecule has 29 heavy (non-hydrogen) atoms. The van der Waals surface area contributed by atoms with Gasteiger partial charge in [0.15, 0.2) is 5.82 Å². The van der Waals surface area contributed by atoms with E-state index in [0.717, 1.165) is 11.1 Å². The van der Waals surface area contributed by atoms with Crippen molar-refractivity contribution in [2.45, 2.75) is 26.7 Å². The lowest BCUT2D eigenvalue weighted by Crippen LogP contribution is -2.13. The van der Waals surface area contributed by atoms with Gasteiger partial charge in [-0.2, -0.15) is 9.67 Å². The predicted octanol–water partition coefficient (Wildman–Crippen LogP) is 4.24. The number of nitrogens with two attached hydrogens (primary N) is 1. The number of hydrogen-bond donors (Lipinski definition) is 4. The van der Waals surface area contributed by atoms with E-state index in [0.29, 0.717) is 23.0 Å². The molecule has 3 aromatic heterocycles. The molecule has 0 fully saturated rings. The van der Waals surface area contributed by atoms with Crippen LogP contribution >= 0.6 is 23.2 Å². The lowest BCUT2D eigenvalue weighted by molar-refractivity contribution is 0.826. The van der Waals surface area contributed by atoms with Crippen LogP contribution in [-0.2, 0) is 0 Å². The van der Waals surface area contributed by atoms with Gasteiger partial charge in [0.2, 0.25) is 11.9 Å². The molecule has 9 nitrogen and oxygen atoms in total. The van der Waals surface area contributed by atoms with Gasteiger partial charge in [0.1, 0.15) is 16.1 Å². The van der Waals surface area contributed by atoms with Crippen molar-refractivity contribution in [3.05, 3.63) is 39.6 Å². The Bertz CT molecular complexity index is 1060. The van der Waals surface area contributed by atoms with E-state index in [9.17, 15) is 0 Å². The molecule has 3 rings (SSSR count). The summed E-state index contributed by atoms with van der Waals surface area (Å²) in [5.74, 6) is 1.65. The molecule has 0 saturated carbocycles. The highest BCUT2D eigenvalue weighted by Crippen LogP contribution is 2.29. The minimum absolute atomic E-state index is 0.155. The number of nitrogens with zero attached hydrogens (tertiary/aromatic N) is 5. The van der Waals surface area contributed by atoms with E-state index in [-0.39, 0.29) is 28.1 Å². The zero-order valence-electron chi connectivity index (χ0n) is 16.4. The molecule has 0 unspecified atom stereocenters. The molecule has 0 amide bonds. The summed E-state index contributed by atoms with van der Waals surface area (Å²) in [5.41, 5.74) is 8.82. The number of pyridine rings is 2. The number of halogens is 2. The lowest BCUT2D eigenvalue weighted by Gasteiger charge is -2.17. The predicted molar refractivity (Wildman–Crippen MR) is 117 cm³/mol. The smallest absolute Gasteiger partial charge is 0.248 e. The maximum absolute atomic E-state index is 8.12. The Balaban J connectivity index is 2.05. The maximum atomic E-state index is 8.12. The molecule has 3 heterocycles. The first kappa shape index (κ1) is 20.8. The van der Waals surface area contributed by atoms with Crippen LogP contribution in [0.2, 0.25) is 10.3 Å². The molecule has 3 aromatic rings. The third kappa shape index (κ3) is 4.41. The molecular weight excluding hydrogens is 413 g/mol. The van der Waals surface area contributed by atoms with Crippen molar-refractivity contribution < 1.29 is 0 Å². The summed E-state index contributed by atoms with van der Waals surface area (Å²) in [7, 11) is 1.76. The monoisotopic (exact) mass is 433 g/mol. The first-order valence-corrected chi connectivity index (χ1v) is 9.56. The van der Waals surface area contributed by atoms with Crippen molar-refractivity contribution in [2.24, 2.45) is 0 Å². The van der Waals surface area contributed by atoms with Crippen LogP contribution in [0.15, 0.2) is 18.2 Å². The summed E-state index contributed by atoms with van der Waals surface area (Å²) in [6.45, 7) is 5.85. The molecule has 5 N–H and O–H groups in total. The molecule has 0 aliphatic heterocycles. The fourth-order valence-corrected chi connectivity index (χ4v) is 3.36. The fraction of sp³-hybridized carbons (Fsp3) is 0.278. The van der Waals surface area contributed by atoms with Gasteiger partial charge in [0, 0.05) is 24.0 Å². The van der Waals surface area contributed by atoms with Gasteiger partial charge < -0.3 is 21.8 Å². The molecule has 0 bridgehead atoms. The van der Waals surface area contributed by atoms with Crippen LogP contribution in [0.1, 0.15) is 37.8 Å². The van der Waals surface area contributed by atoms with Gasteiger partial charge in [-0.3, -0.25) is 0 Å². The molecule has 0 aromatic carbocycles. The van der Waals surface area contributed by atoms with Crippen LogP contribution in [0.25, 0.3) is 5.82 Å². The summed E-state index contributed by atoms with van der Waals surface area (Å²) in [4.78, 5) is 12.7. The van der Waals surface area contributed by atoms with E-state index in [1.165, 1.54) is 4.68 Å². The molecule has 0 atom stereocenters. The van der Waals surface area contributed by atoms with Crippen molar-refractivity contribution >= 4 is 52.3 Å². The van der Waals surface area contributed by atoms with E-state index in [4.69, 9.17) is 34.3 Å².